The van der Waals surface area contributed by atoms with Gasteiger partial charge >= 0.3 is 0 Å². The van der Waals surface area contributed by atoms with Crippen LogP contribution in [-0.4, -0.2) is 0 Å². The van der Waals surface area contributed by atoms with E-state index in [1.54, 1.807) is 0 Å². The zero-order valence-electron chi connectivity index (χ0n) is 28.7. The minimum absolute atomic E-state index is 0.996. The van der Waals surface area contributed by atoms with Crippen LogP contribution < -0.4 is 0 Å². The lowest BCUT2D eigenvalue weighted by atomic mass is 9.90. The summed E-state index contributed by atoms with van der Waals surface area (Å²) in [7, 11) is 0. The van der Waals surface area contributed by atoms with Crippen molar-refractivity contribution in [1.82, 2.24) is 0 Å². The van der Waals surface area contributed by atoms with Crippen LogP contribution in [0.3, 0.4) is 0 Å². The van der Waals surface area contributed by atoms with E-state index in [1.807, 2.05) is 0 Å². The summed E-state index contributed by atoms with van der Waals surface area (Å²) >= 11 is 0. The van der Waals surface area contributed by atoms with Gasteiger partial charge in [0.05, 0.1) is 0 Å². The van der Waals surface area contributed by atoms with Crippen LogP contribution in [0.4, 0.5) is 0 Å². The molecule has 1 radical (unpaired) electrons. The molecule has 1 atom stereocenters. The molecule has 40 heavy (non-hydrogen) atoms. The first-order chi connectivity index (χ1) is 19.8. The molecule has 0 aliphatic carbocycles. The maximum absolute atomic E-state index is 4.11. The van der Waals surface area contributed by atoms with Crippen LogP contribution in [0, 0.1) is 12.8 Å². The second-order valence-electron chi connectivity index (χ2n) is 13.7. The van der Waals surface area contributed by atoms with E-state index >= 15 is 0 Å². The molecule has 0 heteroatoms. The third-order valence-corrected chi connectivity index (χ3v) is 9.54. The largest absolute Gasteiger partial charge is 0.0654 e. The molecule has 0 bridgehead atoms. The van der Waals surface area contributed by atoms with Gasteiger partial charge in [-0.15, -0.1) is 0 Å². The van der Waals surface area contributed by atoms with Gasteiger partial charge in [0, 0.05) is 0 Å². The van der Waals surface area contributed by atoms with E-state index < -0.39 is 0 Å². The third-order valence-electron chi connectivity index (χ3n) is 9.54. The Morgan fingerprint density at radius 3 is 0.700 bits per heavy atom. The summed E-state index contributed by atoms with van der Waals surface area (Å²) in [6.07, 6.45) is 52.6. The van der Waals surface area contributed by atoms with Crippen molar-refractivity contribution in [2.45, 2.75) is 245 Å². The Morgan fingerprint density at radius 1 is 0.275 bits per heavy atom. The molecule has 0 rings (SSSR count). The fourth-order valence-corrected chi connectivity index (χ4v) is 6.65. The van der Waals surface area contributed by atoms with Gasteiger partial charge in [-0.25, -0.2) is 0 Å². The van der Waals surface area contributed by atoms with Gasteiger partial charge in [0.1, 0.15) is 0 Å². The van der Waals surface area contributed by atoms with Gasteiger partial charge in [-0.3, -0.25) is 0 Å². The Balaban J connectivity index is 3.39. The van der Waals surface area contributed by atoms with Crippen molar-refractivity contribution in [3.63, 3.8) is 0 Å². The van der Waals surface area contributed by atoms with Gasteiger partial charge in [0.2, 0.25) is 0 Å². The Morgan fingerprint density at radius 2 is 0.475 bits per heavy atom. The summed E-state index contributed by atoms with van der Waals surface area (Å²) in [5.41, 5.74) is 0. The summed E-state index contributed by atoms with van der Waals surface area (Å²) in [4.78, 5) is 0. The lowest BCUT2D eigenvalue weighted by Gasteiger charge is -2.16. The van der Waals surface area contributed by atoms with E-state index in [0.717, 1.165) is 12.3 Å². The molecule has 0 N–H and O–H groups in total. The molecule has 241 valence electrons. The molecule has 0 saturated heterocycles. The lowest BCUT2D eigenvalue weighted by Crippen LogP contribution is -2.01. The second-order valence-corrected chi connectivity index (χ2v) is 13.7. The molecule has 0 aromatic rings. The van der Waals surface area contributed by atoms with Gasteiger partial charge < -0.3 is 0 Å². The molecule has 0 spiro atoms. The highest BCUT2D eigenvalue weighted by atomic mass is 14.1. The number of hydrogen-bond acceptors (Lipinski definition) is 0. The smallest absolute Gasteiger partial charge is 0.0414 e. The van der Waals surface area contributed by atoms with Crippen LogP contribution in [-0.2, 0) is 0 Å². The van der Waals surface area contributed by atoms with Crippen LogP contribution in [0.2, 0.25) is 0 Å². The van der Waals surface area contributed by atoms with E-state index in [4.69, 9.17) is 0 Å². The Kier molecular flexibility index (Phi) is 37.0. The highest BCUT2D eigenvalue weighted by Crippen LogP contribution is 2.24. The normalized spacial score (nSPS) is 12.4. The Bertz CT molecular complexity index is 412. The molecule has 0 nitrogen and oxygen atoms in total. The highest BCUT2D eigenvalue weighted by molar-refractivity contribution is 4.62. The number of hydrogen-bond donors (Lipinski definition) is 0. The van der Waals surface area contributed by atoms with E-state index in [0.29, 0.717) is 0 Å². The first-order valence-corrected chi connectivity index (χ1v) is 19.6. The third kappa shape index (κ3) is 34.2. The fourth-order valence-electron chi connectivity index (χ4n) is 6.65. The van der Waals surface area contributed by atoms with Crippen LogP contribution >= 0.6 is 0 Å². The van der Waals surface area contributed by atoms with Crippen molar-refractivity contribution < 1.29 is 0 Å². The van der Waals surface area contributed by atoms with E-state index in [1.165, 1.54) is 225 Å². The zero-order chi connectivity index (χ0) is 29.0. The van der Waals surface area contributed by atoms with Crippen LogP contribution in [0.15, 0.2) is 0 Å². The molecule has 1 unspecified atom stereocenters. The first-order valence-electron chi connectivity index (χ1n) is 19.6. The summed E-state index contributed by atoms with van der Waals surface area (Å²) in [6.45, 7) is 8.73. The molecule has 0 fully saturated rings. The Labute approximate surface area is 257 Å². The Hall–Kier alpha value is 0. The summed E-state index contributed by atoms with van der Waals surface area (Å²) in [5, 5.41) is 0. The minimum Gasteiger partial charge on any atom is -0.0654 e. The van der Waals surface area contributed by atoms with Gasteiger partial charge in [0.15, 0.2) is 0 Å². The van der Waals surface area contributed by atoms with E-state index in [9.17, 15) is 0 Å². The van der Waals surface area contributed by atoms with Crippen molar-refractivity contribution in [2.24, 2.45) is 5.92 Å². The second kappa shape index (κ2) is 37.0. The van der Waals surface area contributed by atoms with Crippen molar-refractivity contribution >= 4 is 0 Å². The van der Waals surface area contributed by atoms with E-state index in [2.05, 4.69) is 20.8 Å². The summed E-state index contributed by atoms with van der Waals surface area (Å²) in [6, 6.07) is 0. The predicted molar refractivity (Wildman–Crippen MR) is 186 cm³/mol. The highest BCUT2D eigenvalue weighted by Gasteiger charge is 2.08. The molecule has 0 heterocycles. The van der Waals surface area contributed by atoms with Gasteiger partial charge in [-0.2, -0.15) is 0 Å². The number of rotatable bonds is 36. The SMILES string of the molecule is [CH2]CCCC(CCCCCCCCCCCC)CCCCCCCCCCCCCCCCCCCCCCC. The summed E-state index contributed by atoms with van der Waals surface area (Å²) in [5.74, 6) is 0.996. The van der Waals surface area contributed by atoms with Gasteiger partial charge in [0.25, 0.3) is 0 Å². The topological polar surface area (TPSA) is 0 Å². The average molecular weight is 562 g/mol. The minimum atomic E-state index is 0.996. The van der Waals surface area contributed by atoms with E-state index in [-0.39, 0.29) is 0 Å². The maximum atomic E-state index is 4.11. The van der Waals surface area contributed by atoms with Crippen LogP contribution in [0.25, 0.3) is 0 Å². The average Bonchev–Trinajstić information content (AvgIpc) is 2.97. The van der Waals surface area contributed by atoms with Crippen molar-refractivity contribution in [3.8, 4) is 0 Å². The molecule has 0 aliphatic heterocycles. The number of unbranched alkanes of at least 4 members (excludes halogenated alkanes) is 30. The molecular formula is C40H81. The van der Waals surface area contributed by atoms with Crippen molar-refractivity contribution in [2.75, 3.05) is 0 Å². The standard InChI is InChI=1S/C40H81/c1-4-7-10-12-14-16-18-19-20-21-22-23-24-25-26-27-28-30-32-34-36-39-40(37-9-6-3)38-35-33-31-29-17-15-13-11-8-5-2/h40H,3-39H2,1-2H3. The molecule has 0 saturated carbocycles. The van der Waals surface area contributed by atoms with Crippen LogP contribution in [0.5, 0.6) is 0 Å². The lowest BCUT2D eigenvalue weighted by molar-refractivity contribution is 0.372. The summed E-state index contributed by atoms with van der Waals surface area (Å²) < 4.78 is 0. The quantitative estimate of drug-likeness (QED) is 0.0667. The fraction of sp³-hybridized carbons (Fsp3) is 0.975. The molecule has 0 amide bonds. The van der Waals surface area contributed by atoms with Crippen LogP contribution in [0.1, 0.15) is 245 Å². The first kappa shape index (κ1) is 40.0. The van der Waals surface area contributed by atoms with Gasteiger partial charge in [-0.1, -0.05) is 252 Å². The molecule has 0 aliphatic rings. The molecule has 0 aromatic carbocycles. The van der Waals surface area contributed by atoms with Crippen molar-refractivity contribution in [1.29, 1.82) is 0 Å². The predicted octanol–water partition coefficient (Wildman–Crippen LogP) is 15.5. The monoisotopic (exact) mass is 562 g/mol. The zero-order valence-corrected chi connectivity index (χ0v) is 28.7. The van der Waals surface area contributed by atoms with Gasteiger partial charge in [-0.05, 0) is 5.92 Å². The molecular weight excluding hydrogens is 480 g/mol. The van der Waals surface area contributed by atoms with Crippen molar-refractivity contribution in [3.05, 3.63) is 6.92 Å². The maximum Gasteiger partial charge on any atom is -0.0414 e. The molecule has 0 aromatic heterocycles.